The molecule has 0 aromatic heterocycles. The van der Waals surface area contributed by atoms with E-state index >= 15 is 0 Å². The summed E-state index contributed by atoms with van der Waals surface area (Å²) >= 11 is 0. The molecule has 0 saturated heterocycles. The van der Waals surface area contributed by atoms with E-state index in [1.807, 2.05) is 0 Å². The van der Waals surface area contributed by atoms with Crippen molar-refractivity contribution in [2.45, 2.75) is 13.3 Å². The average Bonchev–Trinajstić information content (AvgIpc) is 2.45. The second-order valence-electron chi connectivity index (χ2n) is 3.81. The summed E-state index contributed by atoms with van der Waals surface area (Å²) in [7, 11) is 4.35. The Kier molecular flexibility index (Phi) is 5.83. The van der Waals surface area contributed by atoms with E-state index in [1.165, 1.54) is 21.3 Å². The molecule has 0 amide bonds. The molecule has 0 aliphatic heterocycles. The van der Waals surface area contributed by atoms with Crippen LogP contribution in [0.25, 0.3) is 0 Å². The molecule has 6 nitrogen and oxygen atoms in total. The zero-order valence-corrected chi connectivity index (χ0v) is 12.0. The van der Waals surface area contributed by atoms with Gasteiger partial charge in [-0.3, -0.25) is 9.59 Å². The van der Waals surface area contributed by atoms with Crippen LogP contribution in [0, 0.1) is 0 Å². The van der Waals surface area contributed by atoms with Crippen molar-refractivity contribution in [2.75, 3.05) is 27.9 Å². The number of ether oxygens (including phenoxy) is 4. The Balaban J connectivity index is 3.14. The van der Waals surface area contributed by atoms with Gasteiger partial charge in [-0.05, 0) is 6.92 Å². The minimum atomic E-state index is -0.586. The zero-order chi connectivity index (χ0) is 15.1. The average molecular weight is 282 g/mol. The van der Waals surface area contributed by atoms with Gasteiger partial charge in [-0.2, -0.15) is 0 Å². The van der Waals surface area contributed by atoms with Crippen LogP contribution in [0.3, 0.4) is 0 Å². The summed E-state index contributed by atoms with van der Waals surface area (Å²) in [5.74, 6) is 0.0506. The van der Waals surface area contributed by atoms with Gasteiger partial charge in [-0.1, -0.05) is 0 Å². The Morgan fingerprint density at radius 2 is 1.55 bits per heavy atom. The molecule has 20 heavy (non-hydrogen) atoms. The quantitative estimate of drug-likeness (QED) is 0.432. The monoisotopic (exact) mass is 282 g/mol. The Hall–Kier alpha value is -2.24. The summed E-state index contributed by atoms with van der Waals surface area (Å²) in [6, 6.07) is 3.11. The Bertz CT molecular complexity index is 469. The largest absolute Gasteiger partial charge is 0.496 e. The predicted octanol–water partition coefficient (Wildman–Crippen LogP) is 1.85. The SMILES string of the molecule is CCOC(=O)CC(=O)c1c(OC)cc(OC)cc1OC. The van der Waals surface area contributed by atoms with Crippen LogP contribution >= 0.6 is 0 Å². The van der Waals surface area contributed by atoms with Crippen LogP contribution in [-0.2, 0) is 9.53 Å². The minimum Gasteiger partial charge on any atom is -0.496 e. The second kappa shape index (κ2) is 7.37. The standard InChI is InChI=1S/C14H18O6/c1-5-20-13(16)8-10(15)14-11(18-3)6-9(17-2)7-12(14)19-4/h6-7H,5,8H2,1-4H3. The number of carbonyl (C=O) groups excluding carboxylic acids is 2. The number of Topliss-reactive ketones (excluding diaryl/α,β-unsaturated/α-hetero) is 1. The van der Waals surface area contributed by atoms with E-state index in [0.29, 0.717) is 5.75 Å². The van der Waals surface area contributed by atoms with Gasteiger partial charge in [-0.15, -0.1) is 0 Å². The van der Waals surface area contributed by atoms with Crippen LogP contribution in [0.15, 0.2) is 12.1 Å². The van der Waals surface area contributed by atoms with Gasteiger partial charge < -0.3 is 18.9 Å². The predicted molar refractivity (Wildman–Crippen MR) is 71.7 cm³/mol. The fourth-order valence-electron chi connectivity index (χ4n) is 1.71. The maximum absolute atomic E-state index is 12.2. The fourth-order valence-corrected chi connectivity index (χ4v) is 1.71. The zero-order valence-electron chi connectivity index (χ0n) is 12.0. The first-order valence-electron chi connectivity index (χ1n) is 6.06. The molecule has 0 bridgehead atoms. The van der Waals surface area contributed by atoms with Crippen LogP contribution in [-0.4, -0.2) is 39.7 Å². The number of hydrogen-bond donors (Lipinski definition) is 0. The van der Waals surface area contributed by atoms with Gasteiger partial charge in [-0.25, -0.2) is 0 Å². The van der Waals surface area contributed by atoms with Crippen LogP contribution in [0.2, 0.25) is 0 Å². The van der Waals surface area contributed by atoms with Crippen molar-refractivity contribution in [1.29, 1.82) is 0 Å². The first kappa shape index (κ1) is 15.8. The van der Waals surface area contributed by atoms with Crippen LogP contribution in [0.4, 0.5) is 0 Å². The van der Waals surface area contributed by atoms with E-state index < -0.39 is 11.8 Å². The van der Waals surface area contributed by atoms with Crippen molar-refractivity contribution in [3.05, 3.63) is 17.7 Å². The topological polar surface area (TPSA) is 71.1 Å². The Morgan fingerprint density at radius 1 is 1.00 bits per heavy atom. The maximum atomic E-state index is 12.2. The van der Waals surface area contributed by atoms with Crippen molar-refractivity contribution in [1.82, 2.24) is 0 Å². The first-order chi connectivity index (χ1) is 9.57. The summed E-state index contributed by atoms with van der Waals surface area (Å²) in [5, 5.41) is 0. The molecule has 0 heterocycles. The van der Waals surface area contributed by atoms with Crippen molar-refractivity contribution in [3.8, 4) is 17.2 Å². The third kappa shape index (κ3) is 3.63. The molecule has 6 heteroatoms. The number of carbonyl (C=O) groups is 2. The van der Waals surface area contributed by atoms with E-state index in [2.05, 4.69) is 0 Å². The number of methoxy groups -OCH3 is 3. The lowest BCUT2D eigenvalue weighted by Crippen LogP contribution is -2.13. The van der Waals surface area contributed by atoms with Crippen LogP contribution in [0.1, 0.15) is 23.7 Å². The Morgan fingerprint density at radius 3 is 1.95 bits per heavy atom. The third-order valence-electron chi connectivity index (χ3n) is 2.60. The van der Waals surface area contributed by atoms with Gasteiger partial charge in [0.05, 0.1) is 27.9 Å². The second-order valence-corrected chi connectivity index (χ2v) is 3.81. The molecule has 0 unspecified atom stereocenters. The van der Waals surface area contributed by atoms with E-state index in [1.54, 1.807) is 19.1 Å². The molecule has 1 aromatic carbocycles. The molecule has 0 spiro atoms. The smallest absolute Gasteiger partial charge is 0.313 e. The molecule has 0 atom stereocenters. The number of benzene rings is 1. The fraction of sp³-hybridized carbons (Fsp3) is 0.429. The normalized spacial score (nSPS) is 9.80. The highest BCUT2D eigenvalue weighted by atomic mass is 16.5. The van der Waals surface area contributed by atoms with Crippen LogP contribution < -0.4 is 14.2 Å². The summed E-state index contributed by atoms with van der Waals surface area (Å²) in [6.07, 6.45) is -0.368. The number of rotatable bonds is 7. The van der Waals surface area contributed by atoms with E-state index in [-0.39, 0.29) is 30.1 Å². The molecule has 0 aliphatic rings. The van der Waals surface area contributed by atoms with Crippen molar-refractivity contribution in [3.63, 3.8) is 0 Å². The number of hydrogen-bond acceptors (Lipinski definition) is 6. The molecular weight excluding hydrogens is 264 g/mol. The van der Waals surface area contributed by atoms with Gasteiger partial charge in [0.2, 0.25) is 0 Å². The van der Waals surface area contributed by atoms with Crippen molar-refractivity contribution in [2.24, 2.45) is 0 Å². The first-order valence-corrected chi connectivity index (χ1v) is 6.06. The molecule has 110 valence electrons. The van der Waals surface area contributed by atoms with Crippen molar-refractivity contribution < 1.29 is 28.5 Å². The lowest BCUT2D eigenvalue weighted by molar-refractivity contribution is -0.141. The van der Waals surface area contributed by atoms with E-state index in [9.17, 15) is 9.59 Å². The van der Waals surface area contributed by atoms with E-state index in [0.717, 1.165) is 0 Å². The molecule has 0 saturated carbocycles. The van der Waals surface area contributed by atoms with Crippen molar-refractivity contribution >= 4 is 11.8 Å². The summed E-state index contributed by atoms with van der Waals surface area (Å²) in [5.41, 5.74) is 0.198. The van der Waals surface area contributed by atoms with Crippen LogP contribution in [0.5, 0.6) is 17.2 Å². The van der Waals surface area contributed by atoms with E-state index in [4.69, 9.17) is 18.9 Å². The maximum Gasteiger partial charge on any atom is 0.313 e. The van der Waals surface area contributed by atoms with Gasteiger partial charge in [0.25, 0.3) is 0 Å². The molecule has 0 N–H and O–H groups in total. The highest BCUT2D eigenvalue weighted by Crippen LogP contribution is 2.34. The summed E-state index contributed by atoms with van der Waals surface area (Å²) < 4.78 is 20.2. The highest BCUT2D eigenvalue weighted by molar-refractivity contribution is 6.09. The molecule has 0 aliphatic carbocycles. The highest BCUT2D eigenvalue weighted by Gasteiger charge is 2.22. The minimum absolute atomic E-state index is 0.198. The third-order valence-corrected chi connectivity index (χ3v) is 2.60. The molecule has 0 radical (unpaired) electrons. The van der Waals surface area contributed by atoms with Gasteiger partial charge in [0, 0.05) is 12.1 Å². The summed E-state index contributed by atoms with van der Waals surface area (Å²) in [6.45, 7) is 1.90. The van der Waals surface area contributed by atoms with Gasteiger partial charge in [0.1, 0.15) is 29.2 Å². The molecule has 0 fully saturated rings. The lowest BCUT2D eigenvalue weighted by atomic mass is 10.1. The number of ketones is 1. The lowest BCUT2D eigenvalue weighted by Gasteiger charge is -2.14. The van der Waals surface area contributed by atoms with Gasteiger partial charge >= 0.3 is 5.97 Å². The molecular formula is C14H18O6. The Labute approximate surface area is 117 Å². The summed E-state index contributed by atoms with van der Waals surface area (Å²) in [4.78, 5) is 23.6. The van der Waals surface area contributed by atoms with Gasteiger partial charge in [0.15, 0.2) is 5.78 Å². The number of esters is 1. The molecule has 1 aromatic rings. The molecule has 1 rings (SSSR count).